The number of nitrogens with one attached hydrogen (secondary N) is 1. The summed E-state index contributed by atoms with van der Waals surface area (Å²) in [5, 5.41) is 2.81. The highest BCUT2D eigenvalue weighted by atomic mass is 32.2. The van der Waals surface area contributed by atoms with Crippen molar-refractivity contribution in [1.82, 2.24) is 10.2 Å². The SMILES string of the molecule is CCNC(=O)C(CC)N(Cc1ccc(OC)cc1)C(=O)CN(c1cccc(C)c1C)S(=O)(=O)c1ccccc1. The third-order valence-electron chi connectivity index (χ3n) is 6.70. The number of rotatable bonds is 12. The average molecular weight is 552 g/mol. The number of carbonyl (C=O) groups excluding carboxylic acids is 2. The summed E-state index contributed by atoms with van der Waals surface area (Å²) in [5.74, 6) is -0.0992. The number of amides is 2. The fourth-order valence-corrected chi connectivity index (χ4v) is 5.87. The third-order valence-corrected chi connectivity index (χ3v) is 8.48. The molecule has 3 rings (SSSR count). The molecule has 3 aromatic carbocycles. The van der Waals surface area contributed by atoms with Gasteiger partial charge < -0.3 is 15.0 Å². The first kappa shape index (κ1) is 29.7. The molecule has 0 aromatic heterocycles. The van der Waals surface area contributed by atoms with E-state index in [4.69, 9.17) is 4.74 Å². The summed E-state index contributed by atoms with van der Waals surface area (Å²) in [7, 11) is -2.53. The van der Waals surface area contributed by atoms with E-state index in [0.717, 1.165) is 21.0 Å². The molecule has 1 unspecified atom stereocenters. The van der Waals surface area contributed by atoms with Gasteiger partial charge in [-0.1, -0.05) is 49.4 Å². The first-order valence-corrected chi connectivity index (χ1v) is 14.4. The van der Waals surface area contributed by atoms with E-state index in [1.54, 1.807) is 49.6 Å². The molecule has 208 valence electrons. The van der Waals surface area contributed by atoms with E-state index in [-0.39, 0.29) is 17.3 Å². The van der Waals surface area contributed by atoms with Crippen LogP contribution in [0.15, 0.2) is 77.7 Å². The maximum Gasteiger partial charge on any atom is 0.264 e. The molecule has 3 aromatic rings. The van der Waals surface area contributed by atoms with Gasteiger partial charge in [-0.3, -0.25) is 13.9 Å². The monoisotopic (exact) mass is 551 g/mol. The van der Waals surface area contributed by atoms with Gasteiger partial charge in [0.2, 0.25) is 11.8 Å². The number of likely N-dealkylation sites (N-methyl/N-ethyl adjacent to an activating group) is 1. The lowest BCUT2D eigenvalue weighted by Crippen LogP contribution is -2.52. The highest BCUT2D eigenvalue weighted by Gasteiger charge is 2.34. The number of carbonyl (C=O) groups is 2. The molecular weight excluding hydrogens is 514 g/mol. The van der Waals surface area contributed by atoms with Crippen LogP contribution < -0.4 is 14.4 Å². The zero-order chi connectivity index (χ0) is 28.6. The van der Waals surface area contributed by atoms with Gasteiger partial charge in [0.25, 0.3) is 10.0 Å². The van der Waals surface area contributed by atoms with Crippen molar-refractivity contribution in [2.24, 2.45) is 0 Å². The Morgan fingerprint density at radius 3 is 2.18 bits per heavy atom. The van der Waals surface area contributed by atoms with Crippen molar-refractivity contribution in [3.05, 3.63) is 89.5 Å². The van der Waals surface area contributed by atoms with Gasteiger partial charge in [-0.25, -0.2) is 8.42 Å². The molecule has 0 saturated carbocycles. The average Bonchev–Trinajstić information content (AvgIpc) is 2.94. The molecule has 0 fully saturated rings. The normalized spacial score (nSPS) is 11.9. The van der Waals surface area contributed by atoms with Gasteiger partial charge in [0.15, 0.2) is 0 Å². The number of methoxy groups -OCH3 is 1. The van der Waals surface area contributed by atoms with E-state index >= 15 is 0 Å². The molecule has 8 nitrogen and oxygen atoms in total. The lowest BCUT2D eigenvalue weighted by molar-refractivity contribution is -0.140. The summed E-state index contributed by atoms with van der Waals surface area (Å²) >= 11 is 0. The Kier molecular flexibility index (Phi) is 10.1. The number of sulfonamides is 1. The molecule has 1 N–H and O–H groups in total. The number of anilines is 1. The van der Waals surface area contributed by atoms with Gasteiger partial charge in [0.05, 0.1) is 17.7 Å². The predicted octanol–water partition coefficient (Wildman–Crippen LogP) is 4.45. The molecule has 9 heteroatoms. The summed E-state index contributed by atoms with van der Waals surface area (Å²) < 4.78 is 34.2. The summed E-state index contributed by atoms with van der Waals surface area (Å²) in [6.45, 7) is 7.45. The number of benzene rings is 3. The van der Waals surface area contributed by atoms with Gasteiger partial charge in [-0.2, -0.15) is 0 Å². The van der Waals surface area contributed by atoms with Crippen LogP contribution in [0.5, 0.6) is 5.75 Å². The van der Waals surface area contributed by atoms with Crippen LogP contribution in [0.25, 0.3) is 0 Å². The van der Waals surface area contributed by atoms with Crippen molar-refractivity contribution in [1.29, 1.82) is 0 Å². The number of nitrogens with zero attached hydrogens (tertiary/aromatic N) is 2. The van der Waals surface area contributed by atoms with Crippen molar-refractivity contribution in [2.75, 3.05) is 24.5 Å². The van der Waals surface area contributed by atoms with Crippen LogP contribution in [0.3, 0.4) is 0 Å². The Labute approximate surface area is 231 Å². The van der Waals surface area contributed by atoms with Crippen molar-refractivity contribution >= 4 is 27.5 Å². The van der Waals surface area contributed by atoms with E-state index in [2.05, 4.69) is 5.32 Å². The topological polar surface area (TPSA) is 96.0 Å². The summed E-state index contributed by atoms with van der Waals surface area (Å²) in [6, 6.07) is 19.9. The maximum atomic E-state index is 14.1. The van der Waals surface area contributed by atoms with Crippen LogP contribution in [0.1, 0.15) is 37.0 Å². The quantitative estimate of drug-likeness (QED) is 0.359. The van der Waals surface area contributed by atoms with Gasteiger partial charge in [-0.15, -0.1) is 0 Å². The molecule has 39 heavy (non-hydrogen) atoms. The third kappa shape index (κ3) is 6.97. The van der Waals surface area contributed by atoms with E-state index in [1.165, 1.54) is 17.0 Å². The maximum absolute atomic E-state index is 14.1. The fourth-order valence-electron chi connectivity index (χ4n) is 4.38. The first-order valence-electron chi connectivity index (χ1n) is 13.0. The van der Waals surface area contributed by atoms with Crippen LogP contribution in [0.2, 0.25) is 0 Å². The molecule has 0 aliphatic heterocycles. The lowest BCUT2D eigenvalue weighted by Gasteiger charge is -2.33. The Morgan fingerprint density at radius 1 is 0.923 bits per heavy atom. The standard InChI is InChI=1S/C30H37N3O5S/c1-6-27(30(35)31-7-2)32(20-24-16-18-25(38-5)19-17-24)29(34)21-33(28-15-11-12-22(3)23(28)4)39(36,37)26-13-9-8-10-14-26/h8-19,27H,6-7,20-21H2,1-5H3,(H,31,35). The molecule has 0 saturated heterocycles. The minimum atomic E-state index is -4.10. The van der Waals surface area contributed by atoms with E-state index < -0.39 is 28.5 Å². The number of hydrogen-bond donors (Lipinski definition) is 1. The van der Waals surface area contributed by atoms with Crippen molar-refractivity contribution < 1.29 is 22.7 Å². The van der Waals surface area contributed by atoms with Gasteiger partial charge in [0, 0.05) is 13.1 Å². The van der Waals surface area contributed by atoms with Crippen LogP contribution in [0, 0.1) is 13.8 Å². The summed E-state index contributed by atoms with van der Waals surface area (Å²) in [6.07, 6.45) is 0.364. The Hall–Kier alpha value is -3.85. The molecule has 0 spiro atoms. The summed E-state index contributed by atoms with van der Waals surface area (Å²) in [4.78, 5) is 28.6. The zero-order valence-corrected chi connectivity index (χ0v) is 24.0. The molecule has 0 bridgehead atoms. The number of ether oxygens (including phenoxy) is 1. The minimum Gasteiger partial charge on any atom is -0.497 e. The van der Waals surface area contributed by atoms with Crippen LogP contribution in [-0.2, 0) is 26.2 Å². The molecule has 1 atom stereocenters. The second kappa shape index (κ2) is 13.3. The number of aryl methyl sites for hydroxylation is 1. The zero-order valence-electron chi connectivity index (χ0n) is 23.2. The smallest absolute Gasteiger partial charge is 0.264 e. The van der Waals surface area contributed by atoms with Crippen molar-refractivity contribution in [3.63, 3.8) is 0 Å². The van der Waals surface area contributed by atoms with Gasteiger partial charge >= 0.3 is 0 Å². The van der Waals surface area contributed by atoms with E-state index in [0.29, 0.717) is 24.4 Å². The van der Waals surface area contributed by atoms with E-state index in [1.807, 2.05) is 45.9 Å². The van der Waals surface area contributed by atoms with E-state index in [9.17, 15) is 18.0 Å². The van der Waals surface area contributed by atoms with Gasteiger partial charge in [0.1, 0.15) is 18.3 Å². The Morgan fingerprint density at radius 2 is 1.59 bits per heavy atom. The van der Waals surface area contributed by atoms with Crippen LogP contribution in [-0.4, -0.2) is 51.4 Å². The van der Waals surface area contributed by atoms with Crippen molar-refractivity contribution in [3.8, 4) is 5.75 Å². The largest absolute Gasteiger partial charge is 0.497 e. The molecule has 0 heterocycles. The molecule has 0 aliphatic carbocycles. The first-order chi connectivity index (χ1) is 18.6. The summed E-state index contributed by atoms with van der Waals surface area (Å²) in [5.41, 5.74) is 2.86. The lowest BCUT2D eigenvalue weighted by atomic mass is 10.1. The molecule has 0 radical (unpaired) electrons. The fraction of sp³-hybridized carbons (Fsp3) is 0.333. The predicted molar refractivity (Wildman–Crippen MR) is 153 cm³/mol. The van der Waals surface area contributed by atoms with Crippen molar-refractivity contribution in [2.45, 2.75) is 51.6 Å². The van der Waals surface area contributed by atoms with Gasteiger partial charge in [-0.05, 0) is 74.2 Å². The Bertz CT molecular complexity index is 1380. The second-order valence-electron chi connectivity index (χ2n) is 9.23. The highest BCUT2D eigenvalue weighted by molar-refractivity contribution is 7.92. The second-order valence-corrected chi connectivity index (χ2v) is 11.1. The highest BCUT2D eigenvalue weighted by Crippen LogP contribution is 2.29. The van der Waals surface area contributed by atoms with Crippen LogP contribution in [0.4, 0.5) is 5.69 Å². The minimum absolute atomic E-state index is 0.0798. The molecule has 0 aliphatic rings. The molecule has 2 amide bonds. The Balaban J connectivity index is 2.08. The number of hydrogen-bond acceptors (Lipinski definition) is 5. The molecular formula is C30H37N3O5S. The van der Waals surface area contributed by atoms with Crippen LogP contribution >= 0.6 is 0 Å².